The minimum Gasteiger partial charge on any atom is -0.496 e. The normalized spacial score (nSPS) is 27.1. The second-order valence-electron chi connectivity index (χ2n) is 7.67. The molecule has 0 radical (unpaired) electrons. The first-order chi connectivity index (χ1) is 12.2. The molecule has 5 heteroatoms. The van der Waals surface area contributed by atoms with E-state index in [2.05, 4.69) is 16.7 Å². The molecule has 25 heavy (non-hydrogen) atoms. The molecule has 5 nitrogen and oxygen atoms in total. The lowest BCUT2D eigenvalue weighted by atomic mass is 9.89. The van der Waals surface area contributed by atoms with Crippen LogP contribution in [0.2, 0.25) is 0 Å². The Balaban J connectivity index is 1.36. The molecule has 2 atom stereocenters. The van der Waals surface area contributed by atoms with Gasteiger partial charge in [0.15, 0.2) is 0 Å². The van der Waals surface area contributed by atoms with Gasteiger partial charge in [-0.2, -0.15) is 0 Å². The van der Waals surface area contributed by atoms with E-state index < -0.39 is 0 Å². The zero-order chi connectivity index (χ0) is 17.3. The zero-order valence-electron chi connectivity index (χ0n) is 15.0. The number of carbonyl (C=O) groups is 1. The molecule has 0 bridgehead atoms. The number of urea groups is 1. The van der Waals surface area contributed by atoms with E-state index in [1.165, 1.54) is 24.0 Å². The summed E-state index contributed by atoms with van der Waals surface area (Å²) in [7, 11) is 1.70. The monoisotopic (exact) mass is 344 g/mol. The number of benzene rings is 1. The van der Waals surface area contributed by atoms with E-state index in [-0.39, 0.29) is 23.7 Å². The lowest BCUT2D eigenvalue weighted by Gasteiger charge is -2.38. The van der Waals surface area contributed by atoms with E-state index in [0.717, 1.165) is 50.9 Å². The molecule has 1 spiro atoms. The molecule has 1 aromatic rings. The predicted molar refractivity (Wildman–Crippen MR) is 95.9 cm³/mol. The minimum atomic E-state index is -0.0549. The van der Waals surface area contributed by atoms with Gasteiger partial charge in [0.25, 0.3) is 0 Å². The van der Waals surface area contributed by atoms with Crippen molar-refractivity contribution in [3.8, 4) is 5.75 Å². The summed E-state index contributed by atoms with van der Waals surface area (Å²) < 4.78 is 11.5. The van der Waals surface area contributed by atoms with E-state index >= 15 is 0 Å². The minimum absolute atomic E-state index is 0.0313. The van der Waals surface area contributed by atoms with Crippen molar-refractivity contribution in [2.24, 2.45) is 0 Å². The van der Waals surface area contributed by atoms with Crippen molar-refractivity contribution >= 4 is 6.03 Å². The molecule has 2 N–H and O–H groups in total. The highest BCUT2D eigenvalue weighted by Gasteiger charge is 2.40. The van der Waals surface area contributed by atoms with E-state index in [1.807, 2.05) is 12.1 Å². The summed E-state index contributed by atoms with van der Waals surface area (Å²) in [4.78, 5) is 12.5. The quantitative estimate of drug-likeness (QED) is 0.883. The molecule has 1 saturated heterocycles. The van der Waals surface area contributed by atoms with Gasteiger partial charge in [0, 0.05) is 12.6 Å². The van der Waals surface area contributed by atoms with Gasteiger partial charge in [-0.15, -0.1) is 0 Å². The van der Waals surface area contributed by atoms with Gasteiger partial charge in [0.1, 0.15) is 5.75 Å². The number of fused-ring (bicyclic) bond motifs is 1. The SMILES string of the molecule is COc1cccc2c1CCC2NC(=O)NC1CCOC2(CCCC2)C1. The zero-order valence-corrected chi connectivity index (χ0v) is 15.0. The first-order valence-corrected chi connectivity index (χ1v) is 9.56. The maximum Gasteiger partial charge on any atom is 0.315 e. The molecular weight excluding hydrogens is 316 g/mol. The summed E-state index contributed by atoms with van der Waals surface area (Å²) in [6.07, 6.45) is 8.52. The second kappa shape index (κ2) is 6.87. The van der Waals surface area contributed by atoms with Crippen LogP contribution in [-0.2, 0) is 11.2 Å². The maximum absolute atomic E-state index is 12.5. The number of rotatable bonds is 3. The van der Waals surface area contributed by atoms with E-state index in [9.17, 15) is 4.79 Å². The highest BCUT2D eigenvalue weighted by Crippen LogP contribution is 2.40. The summed E-state index contributed by atoms with van der Waals surface area (Å²) in [5.74, 6) is 0.926. The summed E-state index contributed by atoms with van der Waals surface area (Å²) in [6, 6.07) is 6.32. The molecule has 2 amide bonds. The first-order valence-electron chi connectivity index (χ1n) is 9.56. The third-order valence-electron chi connectivity index (χ3n) is 6.10. The average Bonchev–Trinajstić information content (AvgIpc) is 3.22. The van der Waals surface area contributed by atoms with Gasteiger partial charge in [-0.25, -0.2) is 4.79 Å². The van der Waals surface area contributed by atoms with Crippen molar-refractivity contribution in [2.45, 2.75) is 69.1 Å². The van der Waals surface area contributed by atoms with Crippen molar-refractivity contribution in [3.05, 3.63) is 29.3 Å². The molecule has 3 aliphatic rings. The van der Waals surface area contributed by atoms with E-state index in [0.29, 0.717) is 0 Å². The van der Waals surface area contributed by atoms with Crippen molar-refractivity contribution < 1.29 is 14.3 Å². The fourth-order valence-corrected chi connectivity index (χ4v) is 4.87. The molecule has 1 aromatic carbocycles. The van der Waals surface area contributed by atoms with Crippen LogP contribution in [0.5, 0.6) is 5.75 Å². The Morgan fingerprint density at radius 2 is 2.08 bits per heavy atom. The van der Waals surface area contributed by atoms with Crippen LogP contribution in [0.15, 0.2) is 18.2 Å². The smallest absolute Gasteiger partial charge is 0.315 e. The Kier molecular flexibility index (Phi) is 4.59. The van der Waals surface area contributed by atoms with Crippen molar-refractivity contribution in [1.82, 2.24) is 10.6 Å². The van der Waals surface area contributed by atoms with Crippen LogP contribution in [0.1, 0.15) is 62.1 Å². The van der Waals surface area contributed by atoms with Gasteiger partial charge in [-0.1, -0.05) is 25.0 Å². The van der Waals surface area contributed by atoms with Gasteiger partial charge in [-0.05, 0) is 55.7 Å². The van der Waals surface area contributed by atoms with Crippen LogP contribution >= 0.6 is 0 Å². The molecule has 1 aliphatic heterocycles. The fraction of sp³-hybridized carbons (Fsp3) is 0.650. The van der Waals surface area contributed by atoms with Crippen molar-refractivity contribution in [2.75, 3.05) is 13.7 Å². The number of methoxy groups -OCH3 is 1. The number of ether oxygens (including phenoxy) is 2. The molecule has 1 heterocycles. The Hall–Kier alpha value is -1.75. The third kappa shape index (κ3) is 3.34. The predicted octanol–water partition coefficient (Wildman–Crippen LogP) is 3.47. The third-order valence-corrected chi connectivity index (χ3v) is 6.10. The largest absolute Gasteiger partial charge is 0.496 e. The summed E-state index contributed by atoms with van der Waals surface area (Å²) >= 11 is 0. The van der Waals surface area contributed by atoms with Crippen LogP contribution in [0.4, 0.5) is 4.79 Å². The van der Waals surface area contributed by atoms with Gasteiger partial charge in [0.2, 0.25) is 0 Å². The lowest BCUT2D eigenvalue weighted by molar-refractivity contribution is -0.0820. The number of carbonyl (C=O) groups excluding carboxylic acids is 1. The first kappa shape index (κ1) is 16.7. The maximum atomic E-state index is 12.5. The van der Waals surface area contributed by atoms with E-state index in [1.54, 1.807) is 7.11 Å². The molecule has 1 saturated carbocycles. The molecule has 4 rings (SSSR count). The average molecular weight is 344 g/mol. The van der Waals surface area contributed by atoms with Crippen LogP contribution < -0.4 is 15.4 Å². The number of hydrogen-bond acceptors (Lipinski definition) is 3. The molecule has 2 unspecified atom stereocenters. The Bertz CT molecular complexity index is 640. The van der Waals surface area contributed by atoms with Gasteiger partial charge < -0.3 is 20.1 Å². The summed E-state index contributed by atoms with van der Waals surface area (Å²) in [5, 5.41) is 6.36. The topological polar surface area (TPSA) is 59.6 Å². The van der Waals surface area contributed by atoms with Crippen LogP contribution in [0.25, 0.3) is 0 Å². The van der Waals surface area contributed by atoms with Crippen LogP contribution in [-0.4, -0.2) is 31.4 Å². The molecule has 136 valence electrons. The second-order valence-corrected chi connectivity index (χ2v) is 7.67. The van der Waals surface area contributed by atoms with E-state index in [4.69, 9.17) is 9.47 Å². The number of nitrogens with one attached hydrogen (secondary N) is 2. The van der Waals surface area contributed by atoms with Gasteiger partial charge in [-0.3, -0.25) is 0 Å². The van der Waals surface area contributed by atoms with Gasteiger partial charge in [0.05, 0.1) is 18.8 Å². The van der Waals surface area contributed by atoms with Gasteiger partial charge >= 0.3 is 6.03 Å². The van der Waals surface area contributed by atoms with Crippen molar-refractivity contribution in [3.63, 3.8) is 0 Å². The molecular formula is C20H28N2O3. The fourth-order valence-electron chi connectivity index (χ4n) is 4.87. The Morgan fingerprint density at radius 1 is 1.24 bits per heavy atom. The summed E-state index contributed by atoms with van der Waals surface area (Å²) in [6.45, 7) is 0.758. The highest BCUT2D eigenvalue weighted by atomic mass is 16.5. The lowest BCUT2D eigenvalue weighted by Crippen LogP contribution is -2.50. The number of hydrogen-bond donors (Lipinski definition) is 2. The van der Waals surface area contributed by atoms with Crippen LogP contribution in [0, 0.1) is 0 Å². The highest BCUT2D eigenvalue weighted by molar-refractivity contribution is 5.75. The standard InChI is InChI=1S/C20H28N2O3/c1-24-18-6-4-5-15-16(18)7-8-17(15)22-19(23)21-14-9-12-25-20(13-14)10-2-3-11-20/h4-6,14,17H,2-3,7-13H2,1H3,(H2,21,22,23). The summed E-state index contributed by atoms with van der Waals surface area (Å²) in [5.41, 5.74) is 2.45. The molecule has 0 aromatic heterocycles. The molecule has 2 fully saturated rings. The van der Waals surface area contributed by atoms with Crippen LogP contribution in [0.3, 0.4) is 0 Å². The van der Waals surface area contributed by atoms with Crippen molar-refractivity contribution in [1.29, 1.82) is 0 Å². The molecule has 2 aliphatic carbocycles. The Morgan fingerprint density at radius 3 is 2.88 bits per heavy atom. The Labute approximate surface area is 149 Å². The number of amides is 2.